The molecule has 0 spiro atoms. The van der Waals surface area contributed by atoms with E-state index in [0.29, 0.717) is 17.4 Å². The zero-order valence-corrected chi connectivity index (χ0v) is 37.1. The van der Waals surface area contributed by atoms with E-state index in [1.54, 1.807) is 0 Å². The zero-order valence-electron chi connectivity index (χ0n) is 36.2. The van der Waals surface area contributed by atoms with Gasteiger partial charge in [-0.15, -0.1) is 0 Å². The van der Waals surface area contributed by atoms with E-state index in [9.17, 15) is 19.0 Å². The minimum absolute atomic E-state index is 0.0213. The number of esters is 2. The molecule has 0 aliphatic carbocycles. The van der Waals surface area contributed by atoms with Crippen LogP contribution in [0.15, 0.2) is 36.5 Å². The second kappa shape index (κ2) is 37.8. The molecule has 2 unspecified atom stereocenters. The standard InChI is InChI=1S/C45H84NO8P/c1-6-8-10-12-14-16-18-20-22-23-24-26-28-30-32-34-36-38-45(48)54-43(42-53-55(49,50)52-40-39-46(3,4)5)41-51-44(47)37-35-33-31-29-27-25-21-19-17-15-13-11-9-7-2/h22-23,26,28,32,34,43H,6-21,24-25,27,29-31,33,35-42H2,1-5H3/p+1/b23-22-,28-26-,34-32-. The second-order valence-corrected chi connectivity index (χ2v) is 17.5. The normalized spacial score (nSPS) is 13.9. The van der Waals surface area contributed by atoms with Crippen molar-refractivity contribution in [3.63, 3.8) is 0 Å². The van der Waals surface area contributed by atoms with E-state index in [1.165, 1.54) is 116 Å². The summed E-state index contributed by atoms with van der Waals surface area (Å²) in [7, 11) is 1.44. The van der Waals surface area contributed by atoms with E-state index < -0.39 is 26.5 Å². The van der Waals surface area contributed by atoms with Gasteiger partial charge in [0.25, 0.3) is 0 Å². The minimum atomic E-state index is -4.39. The van der Waals surface area contributed by atoms with E-state index in [-0.39, 0.29) is 32.0 Å². The Bertz CT molecular complexity index is 1040. The topological polar surface area (TPSA) is 108 Å². The van der Waals surface area contributed by atoms with Crippen LogP contribution in [-0.4, -0.2) is 74.9 Å². The van der Waals surface area contributed by atoms with Gasteiger partial charge in [0.15, 0.2) is 6.10 Å². The third-order valence-electron chi connectivity index (χ3n) is 9.44. The zero-order chi connectivity index (χ0) is 40.7. The molecule has 0 rings (SSSR count). The highest BCUT2D eigenvalue weighted by molar-refractivity contribution is 7.47. The van der Waals surface area contributed by atoms with Gasteiger partial charge in [0.05, 0.1) is 27.7 Å². The molecule has 0 aliphatic rings. The number of nitrogens with zero attached hydrogens (tertiary/aromatic N) is 1. The number of phosphoric ester groups is 1. The van der Waals surface area contributed by atoms with E-state index >= 15 is 0 Å². The molecule has 0 aromatic carbocycles. The Morgan fingerprint density at radius 3 is 1.53 bits per heavy atom. The van der Waals surface area contributed by atoms with Crippen LogP contribution in [-0.2, 0) is 32.7 Å². The van der Waals surface area contributed by atoms with Gasteiger partial charge in [-0.1, -0.05) is 172 Å². The fourth-order valence-corrected chi connectivity index (χ4v) is 6.67. The molecule has 0 saturated carbocycles. The molecule has 0 heterocycles. The molecule has 0 saturated heterocycles. The average Bonchev–Trinajstić information content (AvgIpc) is 3.13. The van der Waals surface area contributed by atoms with Gasteiger partial charge in [-0.2, -0.15) is 0 Å². The van der Waals surface area contributed by atoms with Crippen molar-refractivity contribution >= 4 is 19.8 Å². The smallest absolute Gasteiger partial charge is 0.462 e. The lowest BCUT2D eigenvalue weighted by atomic mass is 10.0. The van der Waals surface area contributed by atoms with Crippen molar-refractivity contribution in [2.45, 2.75) is 193 Å². The Labute approximate surface area is 338 Å². The Balaban J connectivity index is 4.45. The molecule has 0 radical (unpaired) electrons. The molecule has 0 fully saturated rings. The molecule has 0 aliphatic heterocycles. The summed E-state index contributed by atoms with van der Waals surface area (Å²) in [6.07, 6.45) is 42.1. The van der Waals surface area contributed by atoms with E-state index in [0.717, 1.165) is 38.5 Å². The van der Waals surface area contributed by atoms with Gasteiger partial charge >= 0.3 is 19.8 Å². The number of hydrogen-bond acceptors (Lipinski definition) is 7. The number of hydrogen-bond donors (Lipinski definition) is 1. The molecular formula is C45H85NO8P+. The maximum absolute atomic E-state index is 12.6. The molecule has 55 heavy (non-hydrogen) atoms. The third-order valence-corrected chi connectivity index (χ3v) is 10.4. The Kier molecular flexibility index (Phi) is 36.6. The molecule has 10 heteroatoms. The summed E-state index contributed by atoms with van der Waals surface area (Å²) >= 11 is 0. The maximum atomic E-state index is 12.6. The van der Waals surface area contributed by atoms with Gasteiger partial charge in [-0.05, 0) is 38.5 Å². The first-order valence-corrected chi connectivity index (χ1v) is 23.7. The van der Waals surface area contributed by atoms with Crippen LogP contribution < -0.4 is 0 Å². The number of carbonyl (C=O) groups excluding carboxylic acids is 2. The Morgan fingerprint density at radius 2 is 1.02 bits per heavy atom. The second-order valence-electron chi connectivity index (χ2n) is 16.1. The largest absolute Gasteiger partial charge is 0.472 e. The van der Waals surface area contributed by atoms with Crippen LogP contribution in [0.5, 0.6) is 0 Å². The average molecular weight is 799 g/mol. The maximum Gasteiger partial charge on any atom is 0.472 e. The Hall–Kier alpha value is -1.77. The van der Waals surface area contributed by atoms with E-state index in [1.807, 2.05) is 33.3 Å². The highest BCUT2D eigenvalue weighted by Gasteiger charge is 2.27. The number of ether oxygens (including phenoxy) is 2. The molecule has 0 bridgehead atoms. The minimum Gasteiger partial charge on any atom is -0.462 e. The van der Waals surface area contributed by atoms with Crippen molar-refractivity contribution < 1.29 is 42.1 Å². The Morgan fingerprint density at radius 1 is 0.564 bits per heavy atom. The number of quaternary nitrogens is 1. The van der Waals surface area contributed by atoms with Gasteiger partial charge in [0.2, 0.25) is 0 Å². The molecule has 0 aromatic heterocycles. The fourth-order valence-electron chi connectivity index (χ4n) is 5.93. The van der Waals surface area contributed by atoms with Gasteiger partial charge in [0, 0.05) is 12.8 Å². The van der Waals surface area contributed by atoms with Crippen LogP contribution in [0.3, 0.4) is 0 Å². The van der Waals surface area contributed by atoms with E-state index in [4.69, 9.17) is 18.5 Å². The number of phosphoric acid groups is 1. The first-order valence-electron chi connectivity index (χ1n) is 22.2. The van der Waals surface area contributed by atoms with Gasteiger partial charge < -0.3 is 18.9 Å². The predicted molar refractivity (Wildman–Crippen MR) is 229 cm³/mol. The molecule has 322 valence electrons. The number of rotatable bonds is 40. The molecule has 1 N–H and O–H groups in total. The van der Waals surface area contributed by atoms with Crippen molar-refractivity contribution in [2.75, 3.05) is 47.5 Å². The monoisotopic (exact) mass is 799 g/mol. The molecular weight excluding hydrogens is 713 g/mol. The first-order chi connectivity index (χ1) is 26.5. The van der Waals surface area contributed by atoms with Crippen LogP contribution in [0.25, 0.3) is 0 Å². The highest BCUT2D eigenvalue weighted by Crippen LogP contribution is 2.43. The van der Waals surface area contributed by atoms with Gasteiger partial charge in [0.1, 0.15) is 19.8 Å². The van der Waals surface area contributed by atoms with E-state index in [2.05, 4.69) is 38.2 Å². The van der Waals surface area contributed by atoms with Gasteiger partial charge in [-0.25, -0.2) is 4.57 Å². The summed E-state index contributed by atoms with van der Waals surface area (Å²) in [5, 5.41) is 0. The first kappa shape index (κ1) is 53.2. The van der Waals surface area contributed by atoms with Crippen molar-refractivity contribution in [1.29, 1.82) is 0 Å². The molecule has 9 nitrogen and oxygen atoms in total. The molecule has 0 aromatic rings. The lowest BCUT2D eigenvalue weighted by Gasteiger charge is -2.24. The van der Waals surface area contributed by atoms with Crippen LogP contribution >= 0.6 is 7.82 Å². The lowest BCUT2D eigenvalue weighted by molar-refractivity contribution is -0.870. The van der Waals surface area contributed by atoms with Crippen molar-refractivity contribution in [2.24, 2.45) is 0 Å². The number of likely N-dealkylation sites (N-methyl/N-ethyl adjacent to an activating group) is 1. The number of carbonyl (C=O) groups is 2. The number of allylic oxidation sites excluding steroid dienone is 6. The summed E-state index contributed by atoms with van der Waals surface area (Å²) in [5.74, 6) is -0.882. The summed E-state index contributed by atoms with van der Waals surface area (Å²) < 4.78 is 34.2. The SMILES string of the molecule is CCCCCCCCC/C=C\C/C=C\C/C=C\CCC(=O)OC(COC(=O)CCCCCCCCCCCCCCCC)COP(=O)(O)OCC[N+](C)(C)C. The lowest BCUT2D eigenvalue weighted by Crippen LogP contribution is -2.37. The highest BCUT2D eigenvalue weighted by atomic mass is 31.2. The third kappa shape index (κ3) is 41.7. The van der Waals surface area contributed by atoms with Crippen LogP contribution in [0.1, 0.15) is 187 Å². The molecule has 0 amide bonds. The molecule has 2 atom stereocenters. The van der Waals surface area contributed by atoms with Crippen LogP contribution in [0.2, 0.25) is 0 Å². The summed E-state index contributed by atoms with van der Waals surface area (Å²) in [4.78, 5) is 35.3. The summed E-state index contributed by atoms with van der Waals surface area (Å²) in [5.41, 5.74) is 0. The summed E-state index contributed by atoms with van der Waals surface area (Å²) in [6.45, 7) is 4.35. The van der Waals surface area contributed by atoms with Crippen LogP contribution in [0.4, 0.5) is 0 Å². The van der Waals surface area contributed by atoms with Crippen LogP contribution in [0, 0.1) is 0 Å². The fraction of sp³-hybridized carbons (Fsp3) is 0.822. The van der Waals surface area contributed by atoms with Crippen molar-refractivity contribution in [3.8, 4) is 0 Å². The van der Waals surface area contributed by atoms with Gasteiger partial charge in [-0.3, -0.25) is 18.6 Å². The quantitative estimate of drug-likeness (QED) is 0.0215. The van der Waals surface area contributed by atoms with Crippen molar-refractivity contribution in [1.82, 2.24) is 0 Å². The summed E-state index contributed by atoms with van der Waals surface area (Å²) in [6, 6.07) is 0. The van der Waals surface area contributed by atoms with Crippen molar-refractivity contribution in [3.05, 3.63) is 36.5 Å². The predicted octanol–water partition coefficient (Wildman–Crippen LogP) is 12.5. The number of unbranched alkanes of at least 4 members (excludes halogenated alkanes) is 20.